The van der Waals surface area contributed by atoms with Gasteiger partial charge >= 0.3 is 6.09 Å². The van der Waals surface area contributed by atoms with E-state index in [4.69, 9.17) is 4.74 Å². The topological polar surface area (TPSA) is 67.4 Å². The molecule has 2 saturated heterocycles. The number of piperazine rings is 1. The molecule has 0 radical (unpaired) electrons. The predicted molar refractivity (Wildman–Crippen MR) is 81.6 cm³/mol. The number of amides is 1. The van der Waals surface area contributed by atoms with E-state index in [1.165, 1.54) is 0 Å². The molecule has 24 heavy (non-hydrogen) atoms. The molecule has 1 N–H and O–H groups in total. The minimum Gasteiger partial charge on any atom is -0.390 e. The zero-order chi connectivity index (χ0) is 16.9. The summed E-state index contributed by atoms with van der Waals surface area (Å²) in [5.74, 6) is -1.73. The Morgan fingerprint density at radius 1 is 1.42 bits per heavy atom. The van der Waals surface area contributed by atoms with Gasteiger partial charge < -0.3 is 10.1 Å². The Morgan fingerprint density at radius 3 is 3.04 bits per heavy atom. The highest BCUT2D eigenvalue weighted by atomic mass is 19.1. The number of carbonyl (C=O) groups excluding carboxylic acids is 1. The maximum Gasteiger partial charge on any atom is 0.417 e. The number of hydrogen-bond donors (Lipinski definition) is 1. The third-order valence-corrected chi connectivity index (χ3v) is 4.85. The zero-order valence-corrected chi connectivity index (χ0v) is 13.1. The number of halogens is 2. The Bertz CT molecular complexity index is 827. The SMILES string of the molecule is CC12CCC(CNC1)N2C(=O)Oc1ncnc2c(F)cc(F)cc12. The van der Waals surface area contributed by atoms with Gasteiger partial charge in [0, 0.05) is 25.2 Å². The quantitative estimate of drug-likeness (QED) is 0.866. The van der Waals surface area contributed by atoms with Gasteiger partial charge in [-0.1, -0.05) is 0 Å². The van der Waals surface area contributed by atoms with Gasteiger partial charge in [-0.15, -0.1) is 0 Å². The molecule has 4 rings (SSSR count). The minimum atomic E-state index is -0.820. The summed E-state index contributed by atoms with van der Waals surface area (Å²) < 4.78 is 32.7. The van der Waals surface area contributed by atoms with Crippen molar-refractivity contribution < 1.29 is 18.3 Å². The molecular weight excluding hydrogens is 318 g/mol. The van der Waals surface area contributed by atoms with E-state index in [9.17, 15) is 13.6 Å². The van der Waals surface area contributed by atoms with E-state index in [-0.39, 0.29) is 28.4 Å². The Hall–Kier alpha value is -2.35. The van der Waals surface area contributed by atoms with Crippen LogP contribution in [0.4, 0.5) is 13.6 Å². The Morgan fingerprint density at radius 2 is 2.25 bits per heavy atom. The molecule has 1 amide bonds. The van der Waals surface area contributed by atoms with E-state index in [1.54, 1.807) is 4.90 Å². The summed E-state index contributed by atoms with van der Waals surface area (Å²) in [4.78, 5) is 22.1. The summed E-state index contributed by atoms with van der Waals surface area (Å²) in [6, 6.07) is 1.85. The van der Waals surface area contributed by atoms with Crippen LogP contribution in [0.1, 0.15) is 19.8 Å². The smallest absolute Gasteiger partial charge is 0.390 e. The average molecular weight is 334 g/mol. The zero-order valence-electron chi connectivity index (χ0n) is 13.1. The van der Waals surface area contributed by atoms with E-state index in [1.807, 2.05) is 6.92 Å². The number of fused-ring (bicyclic) bond motifs is 3. The van der Waals surface area contributed by atoms with Crippen LogP contribution in [-0.4, -0.2) is 45.6 Å². The first-order chi connectivity index (χ1) is 11.5. The fraction of sp³-hybridized carbons (Fsp3) is 0.438. The van der Waals surface area contributed by atoms with Crippen molar-refractivity contribution in [1.82, 2.24) is 20.2 Å². The van der Waals surface area contributed by atoms with E-state index in [0.717, 1.165) is 31.3 Å². The molecule has 2 fully saturated rings. The number of ether oxygens (including phenoxy) is 1. The van der Waals surface area contributed by atoms with E-state index >= 15 is 0 Å². The second kappa shape index (κ2) is 5.34. The average Bonchev–Trinajstić information content (AvgIpc) is 2.73. The van der Waals surface area contributed by atoms with Gasteiger partial charge in [0.15, 0.2) is 5.82 Å². The molecule has 2 atom stereocenters. The molecule has 126 valence electrons. The fourth-order valence-electron chi connectivity index (χ4n) is 3.69. The molecule has 2 aliphatic rings. The molecular formula is C16H16F2N4O2. The standard InChI is InChI=1S/C16H16F2N4O2/c1-16-3-2-10(6-19-7-16)22(16)15(23)24-14-11-4-9(17)5-12(18)13(11)20-8-21-14/h4-5,8,10,19H,2-3,6-7H2,1H3. The van der Waals surface area contributed by atoms with Gasteiger partial charge in [0.25, 0.3) is 0 Å². The van der Waals surface area contributed by atoms with Gasteiger partial charge in [0.2, 0.25) is 5.88 Å². The first-order valence-corrected chi connectivity index (χ1v) is 7.79. The lowest BCUT2D eigenvalue weighted by Crippen LogP contribution is -2.61. The van der Waals surface area contributed by atoms with Crippen molar-refractivity contribution in [3.63, 3.8) is 0 Å². The van der Waals surface area contributed by atoms with Crippen LogP contribution in [0, 0.1) is 11.6 Å². The normalized spacial score (nSPS) is 26.0. The lowest BCUT2D eigenvalue weighted by Gasteiger charge is -2.41. The summed E-state index contributed by atoms with van der Waals surface area (Å²) in [5.41, 5.74) is -0.400. The second-order valence-corrected chi connectivity index (χ2v) is 6.52. The lowest BCUT2D eigenvalue weighted by molar-refractivity contribution is 0.0750. The monoisotopic (exact) mass is 334 g/mol. The third-order valence-electron chi connectivity index (χ3n) is 4.85. The van der Waals surface area contributed by atoms with Gasteiger partial charge in [0.1, 0.15) is 17.7 Å². The van der Waals surface area contributed by atoms with Crippen molar-refractivity contribution in [3.05, 3.63) is 30.1 Å². The first kappa shape index (κ1) is 15.2. The highest BCUT2D eigenvalue weighted by molar-refractivity contribution is 5.86. The highest BCUT2D eigenvalue weighted by Crippen LogP contribution is 2.37. The molecule has 2 aliphatic heterocycles. The molecule has 6 nitrogen and oxygen atoms in total. The number of nitrogens with one attached hydrogen (secondary N) is 1. The van der Waals surface area contributed by atoms with Crippen LogP contribution in [0.3, 0.4) is 0 Å². The molecule has 8 heteroatoms. The number of carbonyl (C=O) groups is 1. The molecule has 0 saturated carbocycles. The number of rotatable bonds is 1. The van der Waals surface area contributed by atoms with Crippen LogP contribution in [-0.2, 0) is 0 Å². The Balaban J connectivity index is 1.69. The summed E-state index contributed by atoms with van der Waals surface area (Å²) in [6.45, 7) is 3.39. The van der Waals surface area contributed by atoms with E-state index in [0.29, 0.717) is 13.1 Å². The first-order valence-electron chi connectivity index (χ1n) is 7.79. The largest absolute Gasteiger partial charge is 0.417 e. The molecule has 0 spiro atoms. The summed E-state index contributed by atoms with van der Waals surface area (Å²) >= 11 is 0. The molecule has 2 bridgehead atoms. The van der Waals surface area contributed by atoms with Crippen LogP contribution in [0.5, 0.6) is 5.88 Å². The summed E-state index contributed by atoms with van der Waals surface area (Å²) in [6.07, 6.45) is 2.33. The van der Waals surface area contributed by atoms with Crippen molar-refractivity contribution in [2.75, 3.05) is 13.1 Å². The number of hydrogen-bond acceptors (Lipinski definition) is 5. The molecule has 1 aromatic carbocycles. The van der Waals surface area contributed by atoms with Crippen LogP contribution < -0.4 is 10.1 Å². The van der Waals surface area contributed by atoms with Crippen molar-refractivity contribution in [2.45, 2.75) is 31.3 Å². The highest BCUT2D eigenvalue weighted by Gasteiger charge is 2.49. The van der Waals surface area contributed by atoms with E-state index < -0.39 is 17.7 Å². The van der Waals surface area contributed by atoms with Gasteiger partial charge in [-0.05, 0) is 25.8 Å². The van der Waals surface area contributed by atoms with Gasteiger partial charge in [-0.25, -0.2) is 23.5 Å². The van der Waals surface area contributed by atoms with E-state index in [2.05, 4.69) is 15.3 Å². The Kier molecular flexibility index (Phi) is 3.38. The Labute approximate surface area is 136 Å². The molecule has 1 aromatic heterocycles. The van der Waals surface area contributed by atoms with Crippen molar-refractivity contribution in [3.8, 4) is 5.88 Å². The van der Waals surface area contributed by atoms with Crippen LogP contribution in [0.2, 0.25) is 0 Å². The fourth-order valence-corrected chi connectivity index (χ4v) is 3.69. The third kappa shape index (κ3) is 2.29. The van der Waals surface area contributed by atoms with Gasteiger partial charge in [-0.2, -0.15) is 0 Å². The maximum absolute atomic E-state index is 13.8. The minimum absolute atomic E-state index is 0.0379. The molecule has 2 unspecified atom stereocenters. The number of nitrogens with zero attached hydrogens (tertiary/aromatic N) is 3. The predicted octanol–water partition coefficient (Wildman–Crippen LogP) is 2.23. The van der Waals surface area contributed by atoms with Crippen molar-refractivity contribution >= 4 is 17.0 Å². The molecule has 3 heterocycles. The van der Waals surface area contributed by atoms with Gasteiger partial charge in [-0.3, -0.25) is 4.90 Å². The maximum atomic E-state index is 13.8. The van der Waals surface area contributed by atoms with Crippen LogP contribution in [0.25, 0.3) is 10.9 Å². The second-order valence-electron chi connectivity index (χ2n) is 6.52. The number of benzene rings is 1. The summed E-state index contributed by atoms with van der Waals surface area (Å²) in [7, 11) is 0. The molecule has 2 aromatic rings. The van der Waals surface area contributed by atoms with Gasteiger partial charge in [0.05, 0.1) is 10.9 Å². The lowest BCUT2D eigenvalue weighted by atomic mass is 9.99. The number of aromatic nitrogens is 2. The summed E-state index contributed by atoms with van der Waals surface area (Å²) in [5, 5.41) is 3.34. The van der Waals surface area contributed by atoms with Crippen LogP contribution in [0.15, 0.2) is 18.5 Å². The van der Waals surface area contributed by atoms with Crippen molar-refractivity contribution in [2.24, 2.45) is 0 Å². The van der Waals surface area contributed by atoms with Crippen LogP contribution >= 0.6 is 0 Å². The molecule has 0 aliphatic carbocycles. The van der Waals surface area contributed by atoms with Crippen molar-refractivity contribution in [1.29, 1.82) is 0 Å².